The van der Waals surface area contributed by atoms with Gasteiger partial charge in [0.1, 0.15) is 0 Å². The van der Waals surface area contributed by atoms with Crippen molar-refractivity contribution in [2.45, 2.75) is 51.9 Å². The summed E-state index contributed by atoms with van der Waals surface area (Å²) in [5, 5.41) is 2.96. The van der Waals surface area contributed by atoms with Gasteiger partial charge < -0.3 is 10.2 Å². The number of rotatable bonds is 7. The van der Waals surface area contributed by atoms with Gasteiger partial charge in [-0.15, -0.1) is 0 Å². The summed E-state index contributed by atoms with van der Waals surface area (Å²) in [6.45, 7) is 6.10. The molecule has 24 heavy (non-hydrogen) atoms. The highest BCUT2D eigenvalue weighted by molar-refractivity contribution is 5.85. The Morgan fingerprint density at radius 1 is 1.33 bits per heavy atom. The zero-order valence-electron chi connectivity index (χ0n) is 14.8. The van der Waals surface area contributed by atoms with E-state index in [4.69, 9.17) is 0 Å². The Bertz CT molecular complexity index is 533. The molecule has 0 aliphatic carbocycles. The lowest BCUT2D eigenvalue weighted by Crippen LogP contribution is -2.47. The molecule has 0 bridgehead atoms. The molecular formula is C19H29N3O2. The Hall–Kier alpha value is -1.91. The molecule has 0 spiro atoms. The number of carbonyl (C=O) groups is 2. The molecule has 2 amide bonds. The lowest BCUT2D eigenvalue weighted by Gasteiger charge is -2.34. The number of aromatic nitrogens is 1. The molecule has 1 aromatic rings. The summed E-state index contributed by atoms with van der Waals surface area (Å²) in [5.41, 5.74) is 0.835. The topological polar surface area (TPSA) is 62.3 Å². The van der Waals surface area contributed by atoms with Crippen LogP contribution >= 0.6 is 0 Å². The molecule has 1 saturated heterocycles. The molecular weight excluding hydrogens is 302 g/mol. The van der Waals surface area contributed by atoms with Gasteiger partial charge in [-0.2, -0.15) is 0 Å². The Morgan fingerprint density at radius 2 is 2.17 bits per heavy atom. The Morgan fingerprint density at radius 3 is 2.83 bits per heavy atom. The number of likely N-dealkylation sites (tertiary alicyclic amines) is 1. The van der Waals surface area contributed by atoms with E-state index in [1.165, 1.54) is 0 Å². The molecule has 1 aliphatic heterocycles. The van der Waals surface area contributed by atoms with Crippen molar-refractivity contribution >= 4 is 11.8 Å². The molecule has 1 N–H and O–H groups in total. The van der Waals surface area contributed by atoms with Crippen molar-refractivity contribution in [3.63, 3.8) is 0 Å². The molecule has 1 fully saturated rings. The van der Waals surface area contributed by atoms with E-state index >= 15 is 0 Å². The average molecular weight is 331 g/mol. The van der Waals surface area contributed by atoms with Gasteiger partial charge in [0.05, 0.1) is 17.5 Å². The van der Waals surface area contributed by atoms with Crippen molar-refractivity contribution in [1.29, 1.82) is 0 Å². The largest absolute Gasteiger partial charge is 0.356 e. The monoisotopic (exact) mass is 331 g/mol. The van der Waals surface area contributed by atoms with Crippen LogP contribution in [0.2, 0.25) is 0 Å². The molecule has 2 heterocycles. The van der Waals surface area contributed by atoms with E-state index in [1.807, 2.05) is 30.0 Å². The highest BCUT2D eigenvalue weighted by Gasteiger charge is 2.32. The van der Waals surface area contributed by atoms with Gasteiger partial charge in [0.2, 0.25) is 11.8 Å². The standard InChI is InChI=1S/C19H29N3O2/c1-3-8-16(17-10-5-6-12-20-17)19(24)22-13-7-9-15(14-22)18(23)21-11-4-2/h5-6,10,12,15-16H,3-4,7-9,11,13-14H2,1-2H3,(H,21,23)/t15-,16+/m0/s1. The van der Waals surface area contributed by atoms with Crippen LogP contribution < -0.4 is 5.32 Å². The third-order valence-corrected chi connectivity index (χ3v) is 4.57. The first-order valence-corrected chi connectivity index (χ1v) is 9.14. The molecule has 2 atom stereocenters. The van der Waals surface area contributed by atoms with Gasteiger partial charge in [-0.1, -0.05) is 26.3 Å². The second-order valence-corrected chi connectivity index (χ2v) is 6.51. The maximum absolute atomic E-state index is 13.0. The van der Waals surface area contributed by atoms with Gasteiger partial charge in [0, 0.05) is 25.8 Å². The number of hydrogen-bond acceptors (Lipinski definition) is 3. The fourth-order valence-corrected chi connectivity index (χ4v) is 3.27. The second-order valence-electron chi connectivity index (χ2n) is 6.51. The molecule has 5 nitrogen and oxygen atoms in total. The molecule has 132 valence electrons. The van der Waals surface area contributed by atoms with Gasteiger partial charge in [-0.25, -0.2) is 0 Å². The van der Waals surface area contributed by atoms with Gasteiger partial charge in [0.25, 0.3) is 0 Å². The summed E-state index contributed by atoms with van der Waals surface area (Å²) in [6.07, 6.45) is 6.14. The number of nitrogens with zero attached hydrogens (tertiary/aromatic N) is 2. The first-order valence-electron chi connectivity index (χ1n) is 9.14. The zero-order valence-corrected chi connectivity index (χ0v) is 14.8. The molecule has 2 rings (SSSR count). The van der Waals surface area contributed by atoms with Crippen LogP contribution in [-0.4, -0.2) is 41.3 Å². The van der Waals surface area contributed by atoms with Crippen molar-refractivity contribution in [1.82, 2.24) is 15.2 Å². The maximum Gasteiger partial charge on any atom is 0.231 e. The van der Waals surface area contributed by atoms with E-state index in [2.05, 4.69) is 17.2 Å². The maximum atomic E-state index is 13.0. The lowest BCUT2D eigenvalue weighted by molar-refractivity contribution is -0.137. The first-order chi connectivity index (χ1) is 11.7. The first kappa shape index (κ1) is 18.4. The fraction of sp³-hybridized carbons (Fsp3) is 0.632. The van der Waals surface area contributed by atoms with Gasteiger partial charge in [-0.3, -0.25) is 14.6 Å². The number of hydrogen-bond donors (Lipinski definition) is 1. The quantitative estimate of drug-likeness (QED) is 0.835. The van der Waals surface area contributed by atoms with Crippen LogP contribution in [0.3, 0.4) is 0 Å². The van der Waals surface area contributed by atoms with Crippen LogP contribution in [0.1, 0.15) is 57.6 Å². The Labute approximate surface area is 144 Å². The molecule has 0 unspecified atom stereocenters. The zero-order chi connectivity index (χ0) is 17.4. The van der Waals surface area contributed by atoms with E-state index in [-0.39, 0.29) is 23.7 Å². The van der Waals surface area contributed by atoms with Crippen LogP contribution in [0.4, 0.5) is 0 Å². The second kappa shape index (κ2) is 9.40. The van der Waals surface area contributed by atoms with Crippen LogP contribution in [0.15, 0.2) is 24.4 Å². The predicted molar refractivity (Wildman–Crippen MR) is 94.5 cm³/mol. The minimum absolute atomic E-state index is 0.0826. The minimum Gasteiger partial charge on any atom is -0.356 e. The van der Waals surface area contributed by atoms with Crippen molar-refractivity contribution in [2.75, 3.05) is 19.6 Å². The van der Waals surface area contributed by atoms with E-state index in [0.717, 1.165) is 44.3 Å². The molecule has 1 aromatic heterocycles. The molecule has 1 aliphatic rings. The number of nitrogens with one attached hydrogen (secondary N) is 1. The van der Waals surface area contributed by atoms with E-state index in [0.29, 0.717) is 13.1 Å². The van der Waals surface area contributed by atoms with Crippen LogP contribution in [0.25, 0.3) is 0 Å². The third kappa shape index (κ3) is 4.79. The van der Waals surface area contributed by atoms with Crippen molar-refractivity contribution in [3.8, 4) is 0 Å². The number of pyridine rings is 1. The summed E-state index contributed by atoms with van der Waals surface area (Å²) in [7, 11) is 0. The summed E-state index contributed by atoms with van der Waals surface area (Å²) >= 11 is 0. The number of amides is 2. The van der Waals surface area contributed by atoms with Gasteiger partial charge in [0.15, 0.2) is 0 Å². The van der Waals surface area contributed by atoms with Crippen LogP contribution in [0.5, 0.6) is 0 Å². The number of carbonyl (C=O) groups excluding carboxylic acids is 2. The van der Waals surface area contributed by atoms with Gasteiger partial charge >= 0.3 is 0 Å². The molecule has 0 radical (unpaired) electrons. The SMILES string of the molecule is CCCNC(=O)[C@H]1CCCN(C(=O)[C@H](CCC)c2ccccn2)C1. The van der Waals surface area contributed by atoms with Crippen molar-refractivity contribution in [3.05, 3.63) is 30.1 Å². The normalized spacial score (nSPS) is 18.9. The smallest absolute Gasteiger partial charge is 0.231 e. The predicted octanol–water partition coefficient (Wildman–Crippen LogP) is 2.73. The van der Waals surface area contributed by atoms with E-state index in [1.54, 1.807) is 6.20 Å². The highest BCUT2D eigenvalue weighted by atomic mass is 16.2. The lowest BCUT2D eigenvalue weighted by atomic mass is 9.93. The fourth-order valence-electron chi connectivity index (χ4n) is 3.27. The Kier molecular flexibility index (Phi) is 7.22. The van der Waals surface area contributed by atoms with Crippen molar-refractivity contribution in [2.24, 2.45) is 5.92 Å². The van der Waals surface area contributed by atoms with Crippen molar-refractivity contribution < 1.29 is 9.59 Å². The summed E-state index contributed by atoms with van der Waals surface area (Å²) in [6, 6.07) is 5.72. The molecule has 0 saturated carbocycles. The third-order valence-electron chi connectivity index (χ3n) is 4.57. The molecule has 5 heteroatoms. The summed E-state index contributed by atoms with van der Waals surface area (Å²) in [5.74, 6) is -0.0864. The van der Waals surface area contributed by atoms with E-state index < -0.39 is 0 Å². The molecule has 0 aromatic carbocycles. The highest BCUT2D eigenvalue weighted by Crippen LogP contribution is 2.25. The van der Waals surface area contributed by atoms with Crippen LogP contribution in [0, 0.1) is 5.92 Å². The Balaban J connectivity index is 2.05. The average Bonchev–Trinajstić information content (AvgIpc) is 2.64. The minimum atomic E-state index is -0.200. The summed E-state index contributed by atoms with van der Waals surface area (Å²) < 4.78 is 0. The summed E-state index contributed by atoms with van der Waals surface area (Å²) in [4.78, 5) is 31.5. The van der Waals surface area contributed by atoms with E-state index in [9.17, 15) is 9.59 Å². The van der Waals surface area contributed by atoms with Gasteiger partial charge in [-0.05, 0) is 37.8 Å². The van der Waals surface area contributed by atoms with Crippen LogP contribution in [-0.2, 0) is 9.59 Å². The number of piperidine rings is 1.